The van der Waals surface area contributed by atoms with Gasteiger partial charge in [0.25, 0.3) is 5.69 Å². The van der Waals surface area contributed by atoms with E-state index in [1.807, 2.05) is 6.08 Å². The van der Waals surface area contributed by atoms with Gasteiger partial charge in [0.05, 0.1) is 27.9 Å². The van der Waals surface area contributed by atoms with Crippen molar-refractivity contribution in [3.63, 3.8) is 0 Å². The van der Waals surface area contributed by atoms with E-state index in [1.165, 1.54) is 48.5 Å². The van der Waals surface area contributed by atoms with E-state index in [4.69, 9.17) is 0 Å². The Bertz CT molecular complexity index is 2200. The number of amides is 2. The Labute approximate surface area is 285 Å². The average Bonchev–Trinajstić information content (AvgIpc) is 3.39. The van der Waals surface area contributed by atoms with E-state index in [2.05, 4.69) is 0 Å². The third kappa shape index (κ3) is 4.44. The van der Waals surface area contributed by atoms with Crippen LogP contribution in [0.2, 0.25) is 0 Å². The maximum absolute atomic E-state index is 15.2. The largest absolute Gasteiger partial charge is 0.505 e. The van der Waals surface area contributed by atoms with Gasteiger partial charge in [0.2, 0.25) is 11.8 Å². The number of hydrogen-bond donors (Lipinski definition) is 1. The number of rotatable bonds is 5. The van der Waals surface area contributed by atoms with Gasteiger partial charge in [-0.25, -0.2) is 9.29 Å². The quantitative estimate of drug-likeness (QED) is 0.112. The number of non-ortho nitro benzene ring substituents is 1. The van der Waals surface area contributed by atoms with Crippen LogP contribution in [0.4, 0.5) is 15.8 Å². The van der Waals surface area contributed by atoms with Gasteiger partial charge in [-0.3, -0.25) is 29.3 Å². The van der Waals surface area contributed by atoms with Crippen molar-refractivity contribution in [3.8, 4) is 5.75 Å². The molecule has 0 spiro atoms. The maximum Gasteiger partial charge on any atom is 0.271 e. The molecule has 248 valence electrons. The van der Waals surface area contributed by atoms with Crippen LogP contribution >= 0.6 is 0 Å². The van der Waals surface area contributed by atoms with E-state index in [9.17, 15) is 34.4 Å². The van der Waals surface area contributed by atoms with Crippen LogP contribution in [0.3, 0.4) is 0 Å². The maximum atomic E-state index is 15.2. The molecule has 1 N–H and O–H groups in total. The highest BCUT2D eigenvalue weighted by atomic mass is 19.1. The first-order valence-corrected chi connectivity index (χ1v) is 16.3. The average molecular weight is 669 g/mol. The molecule has 2 amide bonds. The summed E-state index contributed by atoms with van der Waals surface area (Å²) in [6, 6.07) is 27.0. The van der Waals surface area contributed by atoms with Crippen molar-refractivity contribution >= 4 is 40.3 Å². The molecule has 0 bridgehead atoms. The highest BCUT2D eigenvalue weighted by Crippen LogP contribution is 2.63. The van der Waals surface area contributed by atoms with Gasteiger partial charge in [-0.15, -0.1) is 0 Å². The molecule has 9 nitrogen and oxygen atoms in total. The van der Waals surface area contributed by atoms with Gasteiger partial charge in [-0.05, 0) is 59.7 Å². The minimum Gasteiger partial charge on any atom is -0.505 e. The number of carbonyl (C=O) groups is 4. The standard InChI is InChI=1S/C40H29FN2O7/c41-32-18-23(14-17-33(32)44)36-27-15-16-28-35(39(48)42(38(28)47)25-12-7-13-26(19-25)43(49)50)30(27)20-31-37(46)29(22-8-3-1-4-9-22)21-34(45)40(31,36)24-10-5-2-6-11-24/h1-15,17-19,21,28,30-31,35-36,44H,16,20H2. The predicted octanol–water partition coefficient (Wildman–Crippen LogP) is 6.47. The van der Waals surface area contributed by atoms with Gasteiger partial charge in [-0.1, -0.05) is 84.4 Å². The Morgan fingerprint density at radius 3 is 2.26 bits per heavy atom. The van der Waals surface area contributed by atoms with E-state index >= 15 is 4.39 Å². The van der Waals surface area contributed by atoms with Crippen molar-refractivity contribution in [2.45, 2.75) is 24.2 Å². The summed E-state index contributed by atoms with van der Waals surface area (Å²) in [5, 5.41) is 21.7. The van der Waals surface area contributed by atoms with Gasteiger partial charge in [-0.2, -0.15) is 0 Å². The molecule has 3 aliphatic carbocycles. The van der Waals surface area contributed by atoms with Crippen molar-refractivity contribution in [1.29, 1.82) is 0 Å². The third-order valence-corrected chi connectivity index (χ3v) is 11.0. The fourth-order valence-corrected chi connectivity index (χ4v) is 8.95. The van der Waals surface area contributed by atoms with Gasteiger partial charge >= 0.3 is 0 Å². The van der Waals surface area contributed by atoms with E-state index in [0.717, 1.165) is 4.90 Å². The fourth-order valence-electron chi connectivity index (χ4n) is 8.95. The normalized spacial score (nSPS) is 27.2. The second-order valence-corrected chi connectivity index (χ2v) is 13.3. The Hall–Kier alpha value is -6.03. The number of halogens is 1. The lowest BCUT2D eigenvalue weighted by molar-refractivity contribution is -0.384. The van der Waals surface area contributed by atoms with E-state index in [-0.39, 0.29) is 41.4 Å². The van der Waals surface area contributed by atoms with Gasteiger partial charge in [0, 0.05) is 29.5 Å². The minimum absolute atomic E-state index is 0.0511. The van der Waals surface area contributed by atoms with Gasteiger partial charge < -0.3 is 5.11 Å². The number of benzene rings is 4. The lowest BCUT2D eigenvalue weighted by Gasteiger charge is -2.55. The number of phenols is 1. The number of nitro groups is 1. The SMILES string of the molecule is O=C1C(c2ccccc2)=CC(=O)C2(c3ccccc3)C1CC1C(=CCC3C(=O)N(c4cccc([N+](=O)[O-])c4)C(=O)C31)C2c1ccc(O)c(F)c1. The fraction of sp³-hybridized carbons (Fsp3) is 0.200. The molecule has 6 unspecified atom stereocenters. The summed E-state index contributed by atoms with van der Waals surface area (Å²) in [5.74, 6) is -7.60. The number of hydrogen-bond acceptors (Lipinski definition) is 7. The Kier molecular flexibility index (Phi) is 7.22. The van der Waals surface area contributed by atoms with Crippen LogP contribution in [0.5, 0.6) is 5.75 Å². The highest BCUT2D eigenvalue weighted by Gasteiger charge is 2.66. The molecule has 4 aliphatic rings. The first kappa shape index (κ1) is 31.3. The second kappa shape index (κ2) is 11.5. The van der Waals surface area contributed by atoms with Gasteiger partial charge in [0.1, 0.15) is 0 Å². The predicted molar refractivity (Wildman–Crippen MR) is 180 cm³/mol. The van der Waals surface area contributed by atoms with Crippen molar-refractivity contribution in [2.75, 3.05) is 4.90 Å². The lowest BCUT2D eigenvalue weighted by Crippen LogP contribution is -2.58. The van der Waals surface area contributed by atoms with Crippen LogP contribution in [0.15, 0.2) is 121 Å². The molecular formula is C40H29FN2O7. The molecule has 0 aromatic heterocycles. The number of phenolic OH excluding ortho intramolecular Hbond substituents is 1. The van der Waals surface area contributed by atoms with E-state index in [0.29, 0.717) is 22.3 Å². The van der Waals surface area contributed by atoms with Gasteiger partial charge in [0.15, 0.2) is 23.1 Å². The zero-order valence-electron chi connectivity index (χ0n) is 26.4. The number of carbonyl (C=O) groups excluding carboxylic acids is 4. The molecular weight excluding hydrogens is 639 g/mol. The zero-order chi connectivity index (χ0) is 34.9. The smallest absolute Gasteiger partial charge is 0.271 e. The number of anilines is 1. The Morgan fingerprint density at radius 1 is 0.840 bits per heavy atom. The molecule has 4 aromatic rings. The minimum atomic E-state index is -1.54. The van der Waals surface area contributed by atoms with Crippen LogP contribution in [0.25, 0.3) is 5.57 Å². The summed E-state index contributed by atoms with van der Waals surface area (Å²) in [5.41, 5.74) is 0.586. The Balaban J connectivity index is 1.35. The molecule has 4 aromatic carbocycles. The number of nitrogens with zero attached hydrogens (tertiary/aromatic N) is 2. The topological polar surface area (TPSA) is 135 Å². The van der Waals surface area contributed by atoms with Crippen LogP contribution in [0, 0.1) is 39.6 Å². The first-order valence-electron chi connectivity index (χ1n) is 16.3. The lowest BCUT2D eigenvalue weighted by atomic mass is 9.44. The summed E-state index contributed by atoms with van der Waals surface area (Å²) >= 11 is 0. The van der Waals surface area contributed by atoms with Crippen LogP contribution in [0.1, 0.15) is 35.4 Å². The van der Waals surface area contributed by atoms with Crippen molar-refractivity contribution < 1.29 is 33.6 Å². The summed E-state index contributed by atoms with van der Waals surface area (Å²) in [4.78, 5) is 70.2. The molecule has 8 rings (SSSR count). The monoisotopic (exact) mass is 668 g/mol. The molecule has 1 heterocycles. The number of aromatic hydroxyl groups is 1. The van der Waals surface area contributed by atoms with Crippen LogP contribution in [-0.2, 0) is 24.6 Å². The molecule has 50 heavy (non-hydrogen) atoms. The van der Waals surface area contributed by atoms with Crippen molar-refractivity contribution in [1.82, 2.24) is 0 Å². The second-order valence-electron chi connectivity index (χ2n) is 13.3. The molecule has 1 saturated heterocycles. The van der Waals surface area contributed by atoms with Crippen LogP contribution in [-0.4, -0.2) is 33.4 Å². The zero-order valence-corrected chi connectivity index (χ0v) is 26.4. The third-order valence-electron chi connectivity index (χ3n) is 11.0. The summed E-state index contributed by atoms with van der Waals surface area (Å²) < 4.78 is 15.2. The summed E-state index contributed by atoms with van der Waals surface area (Å²) in [6.45, 7) is 0. The summed E-state index contributed by atoms with van der Waals surface area (Å²) in [7, 11) is 0. The Morgan fingerprint density at radius 2 is 1.56 bits per heavy atom. The number of fused-ring (bicyclic) bond motifs is 4. The number of nitro benzene ring substituents is 1. The molecule has 0 radical (unpaired) electrons. The number of ketones is 2. The van der Waals surface area contributed by atoms with Crippen molar-refractivity contribution in [2.24, 2.45) is 23.7 Å². The van der Waals surface area contributed by atoms with Crippen molar-refractivity contribution in [3.05, 3.63) is 153 Å². The van der Waals surface area contributed by atoms with E-state index in [1.54, 1.807) is 60.7 Å². The molecule has 2 fully saturated rings. The van der Waals surface area contributed by atoms with Crippen LogP contribution < -0.4 is 4.90 Å². The number of Topliss-reactive ketones (excluding diaryl/α,β-unsaturated/α-hetero) is 1. The molecule has 10 heteroatoms. The van der Waals surface area contributed by atoms with E-state index < -0.39 is 63.3 Å². The molecule has 1 aliphatic heterocycles. The number of imide groups is 1. The molecule has 6 atom stereocenters. The first-order chi connectivity index (χ1) is 24.1. The molecule has 1 saturated carbocycles. The highest BCUT2D eigenvalue weighted by molar-refractivity contribution is 6.32. The number of allylic oxidation sites excluding steroid dienone is 4. The summed E-state index contributed by atoms with van der Waals surface area (Å²) in [6.07, 6.45) is 3.41.